The van der Waals surface area contributed by atoms with Crippen LogP contribution in [-0.4, -0.2) is 66.6 Å². The maximum atomic E-state index is 12.4. The second kappa shape index (κ2) is 11.3. The third-order valence-electron chi connectivity index (χ3n) is 6.75. The normalized spacial score (nSPS) is 21.2. The van der Waals surface area contributed by atoms with Gasteiger partial charge in [-0.3, -0.25) is 19.3 Å². The highest BCUT2D eigenvalue weighted by molar-refractivity contribution is 5.97. The molecule has 2 saturated heterocycles. The number of rotatable bonds is 6. The van der Waals surface area contributed by atoms with E-state index >= 15 is 0 Å². The summed E-state index contributed by atoms with van der Waals surface area (Å²) in [7, 11) is 0. The van der Waals surface area contributed by atoms with Gasteiger partial charge in [0.15, 0.2) is 0 Å². The number of imide groups is 1. The summed E-state index contributed by atoms with van der Waals surface area (Å²) >= 11 is 0. The van der Waals surface area contributed by atoms with Crippen molar-refractivity contribution < 1.29 is 19.9 Å². The molecule has 1 aliphatic carbocycles. The fourth-order valence-electron chi connectivity index (χ4n) is 5.11. The molecule has 0 unspecified atom stereocenters. The number of hydrogen-bond acceptors (Lipinski definition) is 5. The van der Waals surface area contributed by atoms with Gasteiger partial charge in [-0.2, -0.15) is 5.06 Å². The lowest BCUT2D eigenvalue weighted by atomic mass is 9.77. The summed E-state index contributed by atoms with van der Waals surface area (Å²) in [4.78, 5) is 35.3. The lowest BCUT2D eigenvalue weighted by Gasteiger charge is -2.37. The molecule has 2 amide bonds. The number of piperidine rings is 1. The lowest BCUT2D eigenvalue weighted by Crippen LogP contribution is -2.48. The van der Waals surface area contributed by atoms with Crippen molar-refractivity contribution in [2.75, 3.05) is 44.2 Å². The summed E-state index contributed by atoms with van der Waals surface area (Å²) in [5.41, 5.74) is 2.53. The highest BCUT2D eigenvalue weighted by Gasteiger charge is 2.45. The van der Waals surface area contributed by atoms with Crippen molar-refractivity contribution in [1.82, 2.24) is 9.96 Å². The second-order valence-electron chi connectivity index (χ2n) is 9.00. The summed E-state index contributed by atoms with van der Waals surface area (Å²) in [6.45, 7) is 7.58. The van der Waals surface area contributed by atoms with E-state index in [1.807, 2.05) is 0 Å². The molecule has 1 aromatic carbocycles. The van der Waals surface area contributed by atoms with Crippen LogP contribution in [0.5, 0.6) is 0 Å². The van der Waals surface area contributed by atoms with Crippen LogP contribution >= 0.6 is 12.4 Å². The third-order valence-corrected chi connectivity index (χ3v) is 6.75. The lowest BCUT2D eigenvalue weighted by molar-refractivity contribution is -0.205. The van der Waals surface area contributed by atoms with Crippen LogP contribution in [0.25, 0.3) is 0 Å². The molecule has 2 N–H and O–H groups in total. The zero-order valence-corrected chi connectivity index (χ0v) is 19.3. The van der Waals surface area contributed by atoms with Crippen LogP contribution in [0.15, 0.2) is 24.3 Å². The first-order valence-corrected chi connectivity index (χ1v) is 11.1. The average Bonchev–Trinajstić information content (AvgIpc) is 3.14. The van der Waals surface area contributed by atoms with Crippen molar-refractivity contribution in [3.05, 3.63) is 29.8 Å². The molecule has 0 radical (unpaired) electrons. The number of anilines is 1. The first kappa shape index (κ1) is 25.6. The maximum Gasteiger partial charge on any atom is 0.254 e. The molecule has 0 aromatic heterocycles. The Morgan fingerprint density at radius 3 is 2.26 bits per heavy atom. The molecule has 7 nitrogen and oxygen atoms in total. The molecule has 3 fully saturated rings. The Kier molecular flexibility index (Phi) is 9.30. The van der Waals surface area contributed by atoms with Crippen LogP contribution in [0.2, 0.25) is 0 Å². The van der Waals surface area contributed by atoms with Gasteiger partial charge in [-0.1, -0.05) is 25.0 Å². The number of hydrogen-bond donors (Lipinski definition) is 0. The molecule has 8 heteroatoms. The number of carbonyl (C=O) groups excluding carboxylic acids is 2. The van der Waals surface area contributed by atoms with Gasteiger partial charge >= 0.3 is 0 Å². The first-order valence-electron chi connectivity index (χ1n) is 11.1. The van der Waals surface area contributed by atoms with E-state index in [1.54, 1.807) is 0 Å². The Labute approximate surface area is 191 Å². The molecule has 1 aromatic rings. The van der Waals surface area contributed by atoms with Crippen LogP contribution in [0.1, 0.15) is 50.5 Å². The van der Waals surface area contributed by atoms with Gasteiger partial charge in [0.25, 0.3) is 11.8 Å². The number of aryl methyl sites for hydroxylation is 1. The minimum absolute atomic E-state index is 0. The molecule has 0 atom stereocenters. The second-order valence-corrected chi connectivity index (χ2v) is 9.00. The number of hydroxylamine groups is 2. The van der Waals surface area contributed by atoms with E-state index in [0.29, 0.717) is 19.4 Å². The van der Waals surface area contributed by atoms with Crippen molar-refractivity contribution in [2.24, 2.45) is 5.41 Å². The van der Waals surface area contributed by atoms with Gasteiger partial charge in [-0.25, -0.2) is 0 Å². The molecule has 1 saturated carbocycles. The zero-order chi connectivity index (χ0) is 20.3. The smallest absolute Gasteiger partial charge is 0.254 e. The fourth-order valence-corrected chi connectivity index (χ4v) is 5.11. The van der Waals surface area contributed by atoms with Crippen LogP contribution in [0.3, 0.4) is 0 Å². The predicted octanol–water partition coefficient (Wildman–Crippen LogP) is 2.75. The quantitative estimate of drug-likeness (QED) is 0.488. The highest BCUT2D eigenvalue weighted by atomic mass is 35.5. The van der Waals surface area contributed by atoms with Crippen molar-refractivity contribution in [2.45, 2.75) is 51.9 Å². The number of nitrogens with zero attached hydrogens (tertiary/aromatic N) is 3. The van der Waals surface area contributed by atoms with Crippen LogP contribution in [0, 0.1) is 12.3 Å². The Hall–Kier alpha value is -1.67. The molecule has 2 aliphatic heterocycles. The van der Waals surface area contributed by atoms with Crippen molar-refractivity contribution in [3.8, 4) is 0 Å². The van der Waals surface area contributed by atoms with Gasteiger partial charge in [0.1, 0.15) is 0 Å². The van der Waals surface area contributed by atoms with Crippen molar-refractivity contribution in [1.29, 1.82) is 0 Å². The standard InChI is InChI=1S/C23H33N3O3.ClH.H2O/c1-19-6-4-7-20(16-19)25-13-11-24(12-14-25)10-5-15-29-26-21(27)17-23(18-22(26)28)8-2-3-9-23;;/h4,6-7,16H,2-3,5,8-15,17-18H2,1H3;1H;1H2. The molecule has 3 aliphatic rings. The van der Waals surface area contributed by atoms with Gasteiger partial charge in [0.05, 0.1) is 6.61 Å². The van der Waals surface area contributed by atoms with Gasteiger partial charge in [0.2, 0.25) is 0 Å². The average molecular weight is 454 g/mol. The van der Waals surface area contributed by atoms with E-state index in [1.165, 1.54) is 11.3 Å². The minimum atomic E-state index is -0.144. The van der Waals surface area contributed by atoms with Gasteiger partial charge in [-0.15, -0.1) is 12.4 Å². The number of benzene rings is 1. The zero-order valence-electron chi connectivity index (χ0n) is 18.5. The first-order chi connectivity index (χ1) is 14.0. The Balaban J connectivity index is 0.00000171. The fraction of sp³-hybridized carbons (Fsp3) is 0.652. The number of amides is 2. The topological polar surface area (TPSA) is 84.6 Å². The maximum absolute atomic E-state index is 12.4. The summed E-state index contributed by atoms with van der Waals surface area (Å²) in [6, 6.07) is 8.67. The monoisotopic (exact) mass is 453 g/mol. The van der Waals surface area contributed by atoms with E-state index < -0.39 is 0 Å². The molecule has 1 spiro atoms. The Morgan fingerprint density at radius 2 is 1.65 bits per heavy atom. The van der Waals surface area contributed by atoms with Crippen molar-refractivity contribution >= 4 is 29.9 Å². The summed E-state index contributed by atoms with van der Waals surface area (Å²) < 4.78 is 0. The predicted molar refractivity (Wildman–Crippen MR) is 123 cm³/mol. The van der Waals surface area contributed by atoms with E-state index in [0.717, 1.165) is 69.9 Å². The Morgan fingerprint density at radius 1 is 1.00 bits per heavy atom. The minimum Gasteiger partial charge on any atom is -0.412 e. The third kappa shape index (κ3) is 6.19. The van der Waals surface area contributed by atoms with Crippen LogP contribution in [0.4, 0.5) is 5.69 Å². The summed E-state index contributed by atoms with van der Waals surface area (Å²) in [6.07, 6.45) is 6.06. The number of halogens is 1. The SMILES string of the molecule is Cc1cccc(N2CCN(CCCON3C(=O)CC4(CCCC4)CC3=O)CC2)c1.Cl.O. The van der Waals surface area contributed by atoms with E-state index in [4.69, 9.17) is 4.84 Å². The van der Waals surface area contributed by atoms with Crippen molar-refractivity contribution in [3.63, 3.8) is 0 Å². The van der Waals surface area contributed by atoms with Crippen LogP contribution in [-0.2, 0) is 14.4 Å². The van der Waals surface area contributed by atoms with Crippen LogP contribution < -0.4 is 4.90 Å². The molecular formula is C23H36ClN3O4. The summed E-state index contributed by atoms with van der Waals surface area (Å²) in [5, 5.41) is 1.05. The van der Waals surface area contributed by atoms with E-state index in [-0.39, 0.29) is 35.1 Å². The number of carbonyl (C=O) groups is 2. The van der Waals surface area contributed by atoms with Gasteiger partial charge in [-0.05, 0) is 49.3 Å². The molecule has 2 heterocycles. The van der Waals surface area contributed by atoms with E-state index in [2.05, 4.69) is 41.0 Å². The molecule has 174 valence electrons. The van der Waals surface area contributed by atoms with Gasteiger partial charge in [0, 0.05) is 51.3 Å². The molecule has 4 rings (SSSR count). The van der Waals surface area contributed by atoms with E-state index in [9.17, 15) is 9.59 Å². The molecule has 31 heavy (non-hydrogen) atoms. The number of piperazine rings is 1. The highest BCUT2D eigenvalue weighted by Crippen LogP contribution is 2.46. The molecular weight excluding hydrogens is 418 g/mol. The largest absolute Gasteiger partial charge is 0.412 e. The summed E-state index contributed by atoms with van der Waals surface area (Å²) in [5.74, 6) is -0.287. The Bertz CT molecular complexity index is 726. The molecule has 0 bridgehead atoms. The van der Waals surface area contributed by atoms with Gasteiger partial charge < -0.3 is 10.4 Å².